The smallest absolute Gasteiger partial charge is 0.408 e. The normalized spacial score (nSPS) is 12.1. The summed E-state index contributed by atoms with van der Waals surface area (Å²) in [5, 5.41) is 25.6. The minimum Gasteiger partial charge on any atom is -0.508 e. The van der Waals surface area contributed by atoms with E-state index in [0.717, 1.165) is 21.6 Å². The monoisotopic (exact) mass is 507 g/mol. The Balaban J connectivity index is 2.25. The molecule has 0 saturated heterocycles. The maximum absolute atomic E-state index is 13.6. The SMILES string of the molecule is Cc1cc(O)cc(C)c1CC(C(=O)NC(C)(C)CNC(=O)C#Cc1ccccc1)N(C(=O)O)C(C)(C)C. The van der Waals surface area contributed by atoms with E-state index in [1.165, 1.54) is 0 Å². The summed E-state index contributed by atoms with van der Waals surface area (Å²) in [6.45, 7) is 12.4. The Morgan fingerprint density at radius 1 is 1.00 bits per heavy atom. The molecule has 198 valence electrons. The van der Waals surface area contributed by atoms with Gasteiger partial charge in [-0.1, -0.05) is 24.1 Å². The fourth-order valence-corrected chi connectivity index (χ4v) is 4.13. The van der Waals surface area contributed by atoms with Crippen molar-refractivity contribution in [1.82, 2.24) is 15.5 Å². The number of carbonyl (C=O) groups excluding carboxylic acids is 2. The molecule has 4 N–H and O–H groups in total. The van der Waals surface area contributed by atoms with Gasteiger partial charge in [-0.3, -0.25) is 14.5 Å². The van der Waals surface area contributed by atoms with Crippen LogP contribution in [-0.4, -0.2) is 56.7 Å². The minimum atomic E-state index is -1.22. The predicted octanol–water partition coefficient (Wildman–Crippen LogP) is 3.76. The lowest BCUT2D eigenvalue weighted by Gasteiger charge is -2.40. The van der Waals surface area contributed by atoms with Crippen molar-refractivity contribution in [3.05, 3.63) is 64.7 Å². The molecule has 0 bridgehead atoms. The highest BCUT2D eigenvalue weighted by molar-refractivity contribution is 5.94. The predicted molar refractivity (Wildman–Crippen MR) is 143 cm³/mol. The second-order valence-corrected chi connectivity index (χ2v) is 10.8. The molecular formula is C29H37N3O5. The molecular weight excluding hydrogens is 470 g/mol. The second kappa shape index (κ2) is 11.8. The van der Waals surface area contributed by atoms with E-state index >= 15 is 0 Å². The van der Waals surface area contributed by atoms with Gasteiger partial charge < -0.3 is 20.8 Å². The number of carboxylic acid groups (broad SMARTS) is 1. The van der Waals surface area contributed by atoms with Crippen LogP contribution in [0.1, 0.15) is 56.9 Å². The molecule has 2 rings (SSSR count). The summed E-state index contributed by atoms with van der Waals surface area (Å²) in [6, 6.07) is 11.3. The first-order chi connectivity index (χ1) is 17.1. The van der Waals surface area contributed by atoms with Gasteiger partial charge in [-0.15, -0.1) is 0 Å². The van der Waals surface area contributed by atoms with Crippen LogP contribution in [0.3, 0.4) is 0 Å². The molecule has 3 amide bonds. The molecule has 1 atom stereocenters. The van der Waals surface area contributed by atoms with E-state index in [-0.39, 0.29) is 18.7 Å². The summed E-state index contributed by atoms with van der Waals surface area (Å²) in [6.07, 6.45) is -1.10. The van der Waals surface area contributed by atoms with Crippen LogP contribution in [-0.2, 0) is 16.0 Å². The first kappa shape index (κ1) is 29.2. The Hall–Kier alpha value is -3.99. The van der Waals surface area contributed by atoms with Crippen LogP contribution in [0, 0.1) is 25.7 Å². The maximum Gasteiger partial charge on any atom is 0.408 e. The lowest BCUT2D eigenvalue weighted by atomic mass is 9.92. The fourth-order valence-electron chi connectivity index (χ4n) is 4.13. The number of amides is 3. The Kier molecular flexibility index (Phi) is 9.35. The number of carbonyl (C=O) groups is 3. The zero-order valence-electron chi connectivity index (χ0n) is 22.6. The Labute approximate surface area is 219 Å². The van der Waals surface area contributed by atoms with Gasteiger partial charge in [-0.25, -0.2) is 4.79 Å². The van der Waals surface area contributed by atoms with Crippen LogP contribution in [0.25, 0.3) is 0 Å². The van der Waals surface area contributed by atoms with Gasteiger partial charge >= 0.3 is 6.09 Å². The van der Waals surface area contributed by atoms with Crippen LogP contribution < -0.4 is 10.6 Å². The molecule has 8 heteroatoms. The number of aryl methyl sites for hydroxylation is 2. The second-order valence-electron chi connectivity index (χ2n) is 10.8. The molecule has 0 spiro atoms. The summed E-state index contributed by atoms with van der Waals surface area (Å²) in [7, 11) is 0. The summed E-state index contributed by atoms with van der Waals surface area (Å²) >= 11 is 0. The third-order valence-corrected chi connectivity index (χ3v) is 5.87. The number of phenols is 1. The largest absolute Gasteiger partial charge is 0.508 e. The van der Waals surface area contributed by atoms with Crippen molar-refractivity contribution in [2.45, 2.75) is 72.0 Å². The van der Waals surface area contributed by atoms with Crippen LogP contribution >= 0.6 is 0 Å². The molecule has 2 aromatic carbocycles. The minimum absolute atomic E-state index is 0.0909. The molecule has 37 heavy (non-hydrogen) atoms. The molecule has 0 radical (unpaired) electrons. The number of rotatable bonds is 7. The van der Waals surface area contributed by atoms with Crippen molar-refractivity contribution in [2.75, 3.05) is 6.54 Å². The number of nitrogens with one attached hydrogen (secondary N) is 2. The quantitative estimate of drug-likeness (QED) is 0.426. The molecule has 0 heterocycles. The van der Waals surface area contributed by atoms with Crippen LogP contribution in [0.4, 0.5) is 4.79 Å². The first-order valence-corrected chi connectivity index (χ1v) is 12.1. The summed E-state index contributed by atoms with van der Waals surface area (Å²) in [4.78, 5) is 39.3. The van der Waals surface area contributed by atoms with Gasteiger partial charge in [0.25, 0.3) is 5.91 Å². The third kappa shape index (κ3) is 8.57. The molecule has 8 nitrogen and oxygen atoms in total. The number of hydrogen-bond acceptors (Lipinski definition) is 4. The van der Waals surface area contributed by atoms with Gasteiger partial charge in [0, 0.05) is 30.0 Å². The van der Waals surface area contributed by atoms with E-state index in [1.807, 2.05) is 32.0 Å². The number of nitrogens with zero attached hydrogens (tertiary/aromatic N) is 1. The molecule has 0 aliphatic rings. The van der Waals surface area contributed by atoms with Crippen LogP contribution in [0.5, 0.6) is 5.75 Å². The van der Waals surface area contributed by atoms with E-state index < -0.39 is 35.0 Å². The zero-order chi connectivity index (χ0) is 28.0. The van der Waals surface area contributed by atoms with Gasteiger partial charge in [0.1, 0.15) is 11.8 Å². The van der Waals surface area contributed by atoms with E-state index in [2.05, 4.69) is 22.5 Å². The molecule has 0 aromatic heterocycles. The van der Waals surface area contributed by atoms with Crippen LogP contribution in [0.15, 0.2) is 42.5 Å². The van der Waals surface area contributed by atoms with Crippen molar-refractivity contribution in [3.8, 4) is 17.6 Å². The van der Waals surface area contributed by atoms with E-state index in [1.54, 1.807) is 58.9 Å². The Morgan fingerprint density at radius 3 is 2.08 bits per heavy atom. The topological polar surface area (TPSA) is 119 Å². The van der Waals surface area contributed by atoms with E-state index in [0.29, 0.717) is 5.56 Å². The molecule has 0 aliphatic heterocycles. The fraction of sp³-hybridized carbons (Fsp3) is 0.414. The van der Waals surface area contributed by atoms with Crippen molar-refractivity contribution in [2.24, 2.45) is 0 Å². The highest BCUT2D eigenvalue weighted by atomic mass is 16.4. The first-order valence-electron chi connectivity index (χ1n) is 12.1. The molecule has 0 aliphatic carbocycles. The third-order valence-electron chi connectivity index (χ3n) is 5.87. The Bertz CT molecular complexity index is 1180. The summed E-state index contributed by atoms with van der Waals surface area (Å²) < 4.78 is 0. The van der Waals surface area contributed by atoms with Crippen molar-refractivity contribution < 1.29 is 24.6 Å². The molecule has 1 unspecified atom stereocenters. The highest BCUT2D eigenvalue weighted by Gasteiger charge is 2.39. The lowest BCUT2D eigenvalue weighted by Crippen LogP contribution is -2.61. The summed E-state index contributed by atoms with van der Waals surface area (Å²) in [5.74, 6) is 4.45. The molecule has 0 fully saturated rings. The zero-order valence-corrected chi connectivity index (χ0v) is 22.6. The number of aromatic hydroxyl groups is 1. The van der Waals surface area contributed by atoms with Crippen LogP contribution in [0.2, 0.25) is 0 Å². The number of benzene rings is 2. The van der Waals surface area contributed by atoms with Gasteiger partial charge in [-0.05, 0) is 89.4 Å². The molecule has 2 aromatic rings. The number of hydrogen-bond donors (Lipinski definition) is 4. The van der Waals surface area contributed by atoms with Crippen molar-refractivity contribution >= 4 is 17.9 Å². The maximum atomic E-state index is 13.6. The van der Waals surface area contributed by atoms with E-state index in [4.69, 9.17) is 0 Å². The van der Waals surface area contributed by atoms with E-state index in [9.17, 15) is 24.6 Å². The van der Waals surface area contributed by atoms with Crippen molar-refractivity contribution in [3.63, 3.8) is 0 Å². The molecule has 0 saturated carbocycles. The van der Waals surface area contributed by atoms with Gasteiger partial charge in [-0.2, -0.15) is 0 Å². The van der Waals surface area contributed by atoms with Crippen molar-refractivity contribution in [1.29, 1.82) is 0 Å². The van der Waals surface area contributed by atoms with Gasteiger partial charge in [0.05, 0.1) is 5.54 Å². The standard InChI is InChI=1S/C29H37N3O5/c1-19-15-22(33)16-20(2)23(19)17-24(32(27(36)37)28(3,4)5)26(35)31-29(6,7)18-30-25(34)14-13-21-11-9-8-10-12-21/h8-12,15-16,24,33H,17-18H2,1-7H3,(H,30,34)(H,31,35)(H,36,37). The number of phenolic OH excluding ortho intramolecular Hbond substituents is 1. The average Bonchev–Trinajstić information content (AvgIpc) is 2.77. The van der Waals surface area contributed by atoms with Gasteiger partial charge in [0.2, 0.25) is 5.91 Å². The lowest BCUT2D eigenvalue weighted by molar-refractivity contribution is -0.129. The Morgan fingerprint density at radius 2 is 1.57 bits per heavy atom. The van der Waals surface area contributed by atoms with Gasteiger partial charge in [0.15, 0.2) is 0 Å². The summed E-state index contributed by atoms with van der Waals surface area (Å²) in [5.41, 5.74) is 1.27. The average molecular weight is 508 g/mol. The highest BCUT2D eigenvalue weighted by Crippen LogP contribution is 2.26.